The number of carbonyl (C=O) groups excluding carboxylic acids is 1. The largest absolute Gasteiger partial charge is 0.300 e. The lowest BCUT2D eigenvalue weighted by Gasteiger charge is -2.18. The van der Waals surface area contributed by atoms with Crippen molar-refractivity contribution in [1.29, 1.82) is 0 Å². The topological polar surface area (TPSA) is 63.2 Å². The monoisotopic (exact) mass is 359 g/mol. The van der Waals surface area contributed by atoms with Crippen LogP contribution in [0.2, 0.25) is 0 Å². The minimum absolute atomic E-state index is 0.0607. The highest BCUT2D eigenvalue weighted by Gasteiger charge is 2.22. The zero-order valence-corrected chi connectivity index (χ0v) is 14.2. The number of anilines is 1. The van der Waals surface area contributed by atoms with Gasteiger partial charge in [0.05, 0.1) is 6.20 Å². The second-order valence-corrected chi connectivity index (χ2v) is 7.20. The van der Waals surface area contributed by atoms with Crippen LogP contribution >= 0.6 is 11.3 Å². The highest BCUT2D eigenvalue weighted by Crippen LogP contribution is 2.34. The molecule has 0 fully saturated rings. The van der Waals surface area contributed by atoms with Gasteiger partial charge < -0.3 is 4.90 Å². The fourth-order valence-corrected chi connectivity index (χ4v) is 3.38. The van der Waals surface area contributed by atoms with E-state index < -0.39 is 22.6 Å². The van der Waals surface area contributed by atoms with Gasteiger partial charge in [0.1, 0.15) is 10.8 Å². The molecule has 0 saturated heterocycles. The maximum atomic E-state index is 14.1. The van der Waals surface area contributed by atoms with Crippen LogP contribution in [0, 0.1) is 11.8 Å². The molecule has 0 aromatic carbocycles. The fourth-order valence-electron chi connectivity index (χ4n) is 1.91. The van der Waals surface area contributed by atoms with Gasteiger partial charge in [-0.1, -0.05) is 11.3 Å². The third-order valence-electron chi connectivity index (χ3n) is 2.99. The van der Waals surface area contributed by atoms with Gasteiger partial charge in [0, 0.05) is 47.5 Å². The van der Waals surface area contributed by atoms with Crippen molar-refractivity contribution in [3.63, 3.8) is 0 Å². The third-order valence-corrected chi connectivity index (χ3v) is 4.87. The Morgan fingerprint density at radius 1 is 1.39 bits per heavy atom. The number of amides is 1. The molecular weight excluding hydrogens is 344 g/mol. The molecule has 9 heteroatoms. The highest BCUT2D eigenvalue weighted by molar-refractivity contribution is 7.84. The molecule has 0 N–H and O–H groups in total. The SMILES string of the molecule is CCN(C(=O)CCS(C)=O)c1sc(-c2cncc(F)c2)nc1F. The number of hydrogen-bond donors (Lipinski definition) is 0. The summed E-state index contributed by atoms with van der Waals surface area (Å²) in [4.78, 5) is 20.9. The van der Waals surface area contributed by atoms with Crippen LogP contribution in [0.15, 0.2) is 18.5 Å². The summed E-state index contributed by atoms with van der Waals surface area (Å²) < 4.78 is 38.4. The molecule has 1 atom stereocenters. The Labute approximate surface area is 138 Å². The standard InChI is InChI=1S/C14H15F2N3O2S2/c1-3-19(11(20)4-5-23(2)21)14-12(16)18-13(22-14)9-6-10(15)8-17-7-9/h6-8H,3-5H2,1-2H3. The summed E-state index contributed by atoms with van der Waals surface area (Å²) in [6, 6.07) is 1.20. The first-order valence-electron chi connectivity index (χ1n) is 6.80. The molecular formula is C14H15F2N3O2S2. The van der Waals surface area contributed by atoms with Crippen molar-refractivity contribution in [3.8, 4) is 10.6 Å². The molecule has 23 heavy (non-hydrogen) atoms. The van der Waals surface area contributed by atoms with Gasteiger partial charge in [-0.2, -0.15) is 4.39 Å². The molecule has 0 radical (unpaired) electrons. The number of aromatic nitrogens is 2. The quantitative estimate of drug-likeness (QED) is 0.795. The number of carbonyl (C=O) groups is 1. The van der Waals surface area contributed by atoms with Gasteiger partial charge in [-0.05, 0) is 13.0 Å². The molecule has 1 amide bonds. The van der Waals surface area contributed by atoms with Crippen molar-refractivity contribution in [3.05, 3.63) is 30.2 Å². The molecule has 0 aliphatic rings. The van der Waals surface area contributed by atoms with Crippen LogP contribution in [-0.2, 0) is 15.6 Å². The summed E-state index contributed by atoms with van der Waals surface area (Å²) in [6.07, 6.45) is 3.99. The molecule has 0 aliphatic carbocycles. The first-order valence-corrected chi connectivity index (χ1v) is 9.34. The Balaban J connectivity index is 2.28. The zero-order valence-electron chi connectivity index (χ0n) is 12.6. The molecule has 2 heterocycles. The molecule has 0 spiro atoms. The summed E-state index contributed by atoms with van der Waals surface area (Å²) in [5, 5.41) is 0.313. The molecule has 2 aromatic rings. The van der Waals surface area contributed by atoms with Crippen molar-refractivity contribution in [2.24, 2.45) is 0 Å². The normalized spacial score (nSPS) is 12.2. The van der Waals surface area contributed by atoms with E-state index in [1.807, 2.05) is 0 Å². The molecule has 124 valence electrons. The lowest BCUT2D eigenvalue weighted by atomic mass is 10.3. The van der Waals surface area contributed by atoms with Gasteiger partial charge in [0.25, 0.3) is 0 Å². The number of halogens is 2. The Hall–Kier alpha value is -1.74. The smallest absolute Gasteiger partial charge is 0.248 e. The molecule has 5 nitrogen and oxygen atoms in total. The van der Waals surface area contributed by atoms with Crippen LogP contribution in [-0.4, -0.2) is 38.6 Å². The van der Waals surface area contributed by atoms with Crippen molar-refractivity contribution < 1.29 is 17.8 Å². The summed E-state index contributed by atoms with van der Waals surface area (Å²) >= 11 is 0.953. The summed E-state index contributed by atoms with van der Waals surface area (Å²) in [6.45, 7) is 1.97. The summed E-state index contributed by atoms with van der Waals surface area (Å²) in [5.41, 5.74) is 0.346. The lowest BCUT2D eigenvalue weighted by Crippen LogP contribution is -2.31. The van der Waals surface area contributed by atoms with Crippen LogP contribution in [0.1, 0.15) is 13.3 Å². The van der Waals surface area contributed by atoms with Gasteiger partial charge in [0.2, 0.25) is 11.9 Å². The Kier molecular flexibility index (Phi) is 5.89. The molecule has 0 bridgehead atoms. The van der Waals surface area contributed by atoms with E-state index in [2.05, 4.69) is 9.97 Å². The second kappa shape index (κ2) is 7.69. The van der Waals surface area contributed by atoms with Crippen molar-refractivity contribution in [2.45, 2.75) is 13.3 Å². The van der Waals surface area contributed by atoms with Crippen LogP contribution in [0.3, 0.4) is 0 Å². The average Bonchev–Trinajstić information content (AvgIpc) is 2.88. The first kappa shape index (κ1) is 17.6. The second-order valence-electron chi connectivity index (χ2n) is 4.67. The van der Waals surface area contributed by atoms with Crippen molar-refractivity contribution >= 4 is 33.0 Å². The van der Waals surface area contributed by atoms with E-state index in [9.17, 15) is 17.8 Å². The predicted octanol–water partition coefficient (Wildman–Crippen LogP) is 2.60. The number of hydrogen-bond acceptors (Lipinski definition) is 5. The molecule has 2 rings (SSSR count). The van der Waals surface area contributed by atoms with Crippen LogP contribution < -0.4 is 4.90 Å². The van der Waals surface area contributed by atoms with Crippen molar-refractivity contribution in [1.82, 2.24) is 9.97 Å². The van der Waals surface area contributed by atoms with E-state index in [0.717, 1.165) is 17.5 Å². The lowest BCUT2D eigenvalue weighted by molar-refractivity contribution is -0.118. The van der Waals surface area contributed by atoms with Gasteiger partial charge in [-0.25, -0.2) is 9.37 Å². The number of pyridine rings is 1. The van der Waals surface area contributed by atoms with E-state index in [1.54, 1.807) is 6.92 Å². The molecule has 1 unspecified atom stereocenters. The Morgan fingerprint density at radius 2 is 2.13 bits per heavy atom. The van der Waals surface area contributed by atoms with E-state index in [1.165, 1.54) is 23.4 Å². The minimum Gasteiger partial charge on any atom is -0.300 e. The molecule has 0 saturated carbocycles. The van der Waals surface area contributed by atoms with Gasteiger partial charge in [0.15, 0.2) is 5.00 Å². The van der Waals surface area contributed by atoms with Gasteiger partial charge in [-0.3, -0.25) is 14.0 Å². The maximum absolute atomic E-state index is 14.1. The van der Waals surface area contributed by atoms with Gasteiger partial charge >= 0.3 is 0 Å². The van der Waals surface area contributed by atoms with Gasteiger partial charge in [-0.15, -0.1) is 0 Å². The van der Waals surface area contributed by atoms with E-state index in [0.29, 0.717) is 5.56 Å². The average molecular weight is 359 g/mol. The van der Waals surface area contributed by atoms with E-state index in [-0.39, 0.29) is 34.6 Å². The Morgan fingerprint density at radius 3 is 2.74 bits per heavy atom. The highest BCUT2D eigenvalue weighted by atomic mass is 32.2. The minimum atomic E-state index is -1.10. The van der Waals surface area contributed by atoms with Crippen LogP contribution in [0.4, 0.5) is 13.8 Å². The zero-order chi connectivity index (χ0) is 17.0. The maximum Gasteiger partial charge on any atom is 0.248 e. The Bertz CT molecular complexity index is 737. The fraction of sp³-hybridized carbons (Fsp3) is 0.357. The number of rotatable bonds is 6. The molecule has 0 aliphatic heterocycles. The van der Waals surface area contributed by atoms with E-state index in [4.69, 9.17) is 0 Å². The van der Waals surface area contributed by atoms with Crippen molar-refractivity contribution in [2.75, 3.05) is 23.5 Å². The summed E-state index contributed by atoms with van der Waals surface area (Å²) in [5.74, 6) is -1.44. The van der Waals surface area contributed by atoms with Crippen LogP contribution in [0.25, 0.3) is 10.6 Å². The summed E-state index contributed by atoms with van der Waals surface area (Å²) in [7, 11) is -1.10. The molecule has 2 aromatic heterocycles. The third kappa shape index (κ3) is 4.38. The van der Waals surface area contributed by atoms with E-state index >= 15 is 0 Å². The van der Waals surface area contributed by atoms with Crippen LogP contribution in [0.5, 0.6) is 0 Å². The number of thiazole rings is 1. The first-order chi connectivity index (χ1) is 10.9. The number of nitrogens with zero attached hydrogens (tertiary/aromatic N) is 3. The predicted molar refractivity (Wildman–Crippen MR) is 86.8 cm³/mol.